The van der Waals surface area contributed by atoms with Crippen molar-refractivity contribution in [2.75, 3.05) is 19.8 Å². The van der Waals surface area contributed by atoms with Crippen LogP contribution in [0.15, 0.2) is 17.8 Å². The zero-order valence-electron chi connectivity index (χ0n) is 12.9. The zero-order valence-corrected chi connectivity index (χ0v) is 13.8. The van der Waals surface area contributed by atoms with Gasteiger partial charge in [-0.1, -0.05) is 0 Å². The molecule has 6 heteroatoms. The van der Waals surface area contributed by atoms with E-state index in [2.05, 4.69) is 32.7 Å². The molecule has 0 spiro atoms. The van der Waals surface area contributed by atoms with Crippen LogP contribution in [0.5, 0.6) is 0 Å². The topological polar surface area (TPSA) is 43.2 Å². The molecule has 3 heterocycles. The maximum absolute atomic E-state index is 5.93. The Bertz CT molecular complexity index is 634. The smallest absolute Gasteiger partial charge is 0.0883 e. The summed E-state index contributed by atoms with van der Waals surface area (Å²) in [5, 5.41) is 4.50. The van der Waals surface area contributed by atoms with E-state index >= 15 is 0 Å². The van der Waals surface area contributed by atoms with Gasteiger partial charge in [-0.15, -0.1) is 11.3 Å². The second-order valence-electron chi connectivity index (χ2n) is 6.43. The van der Waals surface area contributed by atoms with Crippen molar-refractivity contribution < 1.29 is 4.74 Å². The molecule has 1 aliphatic carbocycles. The van der Waals surface area contributed by atoms with Crippen LogP contribution in [0.25, 0.3) is 0 Å². The molecule has 22 heavy (non-hydrogen) atoms. The summed E-state index contributed by atoms with van der Waals surface area (Å²) in [4.78, 5) is 8.22. The molecule has 0 radical (unpaired) electrons. The Kier molecular flexibility index (Phi) is 3.98. The van der Waals surface area contributed by atoms with Crippen molar-refractivity contribution in [3.05, 3.63) is 34.0 Å². The molecule has 0 aromatic carbocycles. The molecule has 5 nitrogen and oxygen atoms in total. The first kappa shape index (κ1) is 14.4. The number of thiazole rings is 1. The monoisotopic (exact) mass is 318 g/mol. The van der Waals surface area contributed by atoms with Crippen LogP contribution in [-0.4, -0.2) is 39.4 Å². The molecule has 2 aromatic rings. The van der Waals surface area contributed by atoms with Crippen LogP contribution in [0.4, 0.5) is 0 Å². The summed E-state index contributed by atoms with van der Waals surface area (Å²) >= 11 is 1.75. The third-order valence-electron chi connectivity index (χ3n) is 4.53. The van der Waals surface area contributed by atoms with Gasteiger partial charge >= 0.3 is 0 Å². The minimum absolute atomic E-state index is 0.325. The highest BCUT2D eigenvalue weighted by Gasteiger charge is 2.27. The fourth-order valence-electron chi connectivity index (χ4n) is 3.04. The zero-order chi connectivity index (χ0) is 14.9. The van der Waals surface area contributed by atoms with Crippen molar-refractivity contribution in [1.29, 1.82) is 0 Å². The van der Waals surface area contributed by atoms with E-state index in [9.17, 15) is 0 Å². The largest absolute Gasteiger partial charge is 0.379 e. The van der Waals surface area contributed by atoms with Crippen LogP contribution in [-0.2, 0) is 17.8 Å². The van der Waals surface area contributed by atoms with Gasteiger partial charge in [-0.25, -0.2) is 4.98 Å². The number of hydrogen-bond acceptors (Lipinski definition) is 5. The summed E-state index contributed by atoms with van der Waals surface area (Å²) in [5.74, 6) is 0.816. The molecule has 1 unspecified atom stereocenters. The Morgan fingerprint density at radius 2 is 2.27 bits per heavy atom. The van der Waals surface area contributed by atoms with Gasteiger partial charge < -0.3 is 4.74 Å². The normalized spacial score (nSPS) is 22.0. The number of ether oxygens (including phenoxy) is 1. The summed E-state index contributed by atoms with van der Waals surface area (Å²) in [6.07, 6.45) is 4.59. The minimum atomic E-state index is 0.325. The molecule has 0 saturated heterocycles. The quantitative estimate of drug-likeness (QED) is 0.821. The maximum Gasteiger partial charge on any atom is 0.0883 e. The molecule has 4 rings (SSSR count). The molecule has 1 atom stereocenters. The van der Waals surface area contributed by atoms with Crippen molar-refractivity contribution in [3.8, 4) is 0 Å². The van der Waals surface area contributed by atoms with Gasteiger partial charge in [0.25, 0.3) is 0 Å². The summed E-state index contributed by atoms with van der Waals surface area (Å²) in [6.45, 7) is 6.70. The molecule has 1 fully saturated rings. The highest BCUT2D eigenvalue weighted by Crippen LogP contribution is 2.30. The van der Waals surface area contributed by atoms with Crippen molar-refractivity contribution in [3.63, 3.8) is 0 Å². The summed E-state index contributed by atoms with van der Waals surface area (Å²) in [7, 11) is 0. The van der Waals surface area contributed by atoms with Crippen LogP contribution in [0.2, 0.25) is 0 Å². The number of hydrogen-bond donors (Lipinski definition) is 0. The third kappa shape index (κ3) is 3.09. The molecule has 1 saturated carbocycles. The van der Waals surface area contributed by atoms with E-state index in [4.69, 9.17) is 4.74 Å². The van der Waals surface area contributed by atoms with Gasteiger partial charge in [0, 0.05) is 37.3 Å². The lowest BCUT2D eigenvalue weighted by Gasteiger charge is -2.33. The van der Waals surface area contributed by atoms with Gasteiger partial charge in [-0.05, 0) is 31.7 Å². The summed E-state index contributed by atoms with van der Waals surface area (Å²) in [6, 6.07) is 2.45. The average molecular weight is 318 g/mol. The molecular formula is C16H22N4OS. The van der Waals surface area contributed by atoms with Crippen LogP contribution < -0.4 is 0 Å². The number of rotatable bonds is 6. The number of nitrogens with zero attached hydrogens (tertiary/aromatic N) is 4. The second-order valence-corrected chi connectivity index (χ2v) is 7.37. The summed E-state index contributed by atoms with van der Waals surface area (Å²) < 4.78 is 8.09. The van der Waals surface area contributed by atoms with Crippen LogP contribution in [0, 0.1) is 12.8 Å². The number of aromatic nitrogens is 3. The molecule has 118 valence electrons. The molecule has 2 aromatic heterocycles. The third-order valence-corrected chi connectivity index (χ3v) is 5.45. The standard InChI is InChI=1S/C16H22N4OS/c1-12-16(22-11-17-12)8-19-6-14-4-5-18-20(14)15(7-19)10-21-9-13-2-3-13/h4-5,11,13,15H,2-3,6-10H2,1H3. The van der Waals surface area contributed by atoms with E-state index < -0.39 is 0 Å². The fraction of sp³-hybridized carbons (Fsp3) is 0.625. The van der Waals surface area contributed by atoms with Gasteiger partial charge in [0.05, 0.1) is 29.5 Å². The van der Waals surface area contributed by atoms with E-state index in [1.54, 1.807) is 11.3 Å². The first-order valence-electron chi connectivity index (χ1n) is 8.01. The van der Waals surface area contributed by atoms with E-state index in [1.165, 1.54) is 23.4 Å². The Morgan fingerprint density at radius 3 is 3.05 bits per heavy atom. The molecule has 2 aliphatic rings. The first-order chi connectivity index (χ1) is 10.8. The van der Waals surface area contributed by atoms with Crippen molar-refractivity contribution >= 4 is 11.3 Å². The Balaban J connectivity index is 1.43. The van der Waals surface area contributed by atoms with Crippen molar-refractivity contribution in [2.45, 2.75) is 38.9 Å². The lowest BCUT2D eigenvalue weighted by Crippen LogP contribution is -2.39. The van der Waals surface area contributed by atoms with Gasteiger partial charge in [0.2, 0.25) is 0 Å². The van der Waals surface area contributed by atoms with Crippen LogP contribution >= 0.6 is 11.3 Å². The van der Waals surface area contributed by atoms with Gasteiger partial charge in [-0.3, -0.25) is 9.58 Å². The SMILES string of the molecule is Cc1ncsc1CN1Cc2ccnn2C(COCC2CC2)C1. The van der Waals surface area contributed by atoms with E-state index in [0.29, 0.717) is 6.04 Å². The van der Waals surface area contributed by atoms with E-state index in [1.807, 2.05) is 11.7 Å². The lowest BCUT2D eigenvalue weighted by molar-refractivity contribution is 0.0570. The summed E-state index contributed by atoms with van der Waals surface area (Å²) in [5.41, 5.74) is 4.38. The number of fused-ring (bicyclic) bond motifs is 1. The average Bonchev–Trinajstić information content (AvgIpc) is 3.05. The molecule has 0 amide bonds. The predicted molar refractivity (Wildman–Crippen MR) is 85.8 cm³/mol. The predicted octanol–water partition coefficient (Wildman–Crippen LogP) is 2.63. The lowest BCUT2D eigenvalue weighted by atomic mass is 10.2. The van der Waals surface area contributed by atoms with Gasteiger partial charge in [0.1, 0.15) is 0 Å². The van der Waals surface area contributed by atoms with Crippen LogP contribution in [0.1, 0.15) is 35.1 Å². The van der Waals surface area contributed by atoms with Crippen molar-refractivity contribution in [2.24, 2.45) is 5.92 Å². The van der Waals surface area contributed by atoms with Crippen LogP contribution in [0.3, 0.4) is 0 Å². The molecule has 1 aliphatic heterocycles. The maximum atomic E-state index is 5.93. The fourth-order valence-corrected chi connectivity index (χ4v) is 3.86. The van der Waals surface area contributed by atoms with E-state index in [0.717, 1.165) is 44.5 Å². The van der Waals surface area contributed by atoms with Gasteiger partial charge in [-0.2, -0.15) is 5.10 Å². The van der Waals surface area contributed by atoms with Crippen molar-refractivity contribution in [1.82, 2.24) is 19.7 Å². The van der Waals surface area contributed by atoms with E-state index in [-0.39, 0.29) is 0 Å². The Morgan fingerprint density at radius 1 is 1.36 bits per heavy atom. The van der Waals surface area contributed by atoms with Gasteiger partial charge in [0.15, 0.2) is 0 Å². The highest BCUT2D eigenvalue weighted by molar-refractivity contribution is 7.09. The molecule has 0 bridgehead atoms. The highest BCUT2D eigenvalue weighted by atomic mass is 32.1. The Hall–Kier alpha value is -1.24. The molecule has 0 N–H and O–H groups in total. The second kappa shape index (κ2) is 6.10. The Labute approximate surface area is 134 Å². The first-order valence-corrected chi connectivity index (χ1v) is 8.89. The minimum Gasteiger partial charge on any atom is -0.379 e. The molecular weight excluding hydrogens is 296 g/mol. The number of aryl methyl sites for hydroxylation is 1.